The molecule has 0 atom stereocenters. The number of anilines is 2. The molecule has 1 aromatic carbocycles. The summed E-state index contributed by atoms with van der Waals surface area (Å²) in [4.78, 5) is 19.8. The van der Waals surface area contributed by atoms with Crippen LogP contribution in [0.5, 0.6) is 0 Å². The summed E-state index contributed by atoms with van der Waals surface area (Å²) in [6, 6.07) is 11.9. The SMILES string of the molecule is CC(C)(C)NS(=O)(=O)c1cccc(-c2ccc3cnc(Nc4cncc(C(N)=O)c4)nn23)c1. The number of pyridine rings is 1. The van der Waals surface area contributed by atoms with Crippen molar-refractivity contribution >= 4 is 33.1 Å². The van der Waals surface area contributed by atoms with Crippen molar-refractivity contribution in [2.45, 2.75) is 31.2 Å². The van der Waals surface area contributed by atoms with E-state index in [-0.39, 0.29) is 16.4 Å². The Labute approximate surface area is 190 Å². The molecule has 10 nitrogen and oxygen atoms in total. The number of nitrogens with one attached hydrogen (secondary N) is 2. The van der Waals surface area contributed by atoms with Gasteiger partial charge in [0.2, 0.25) is 21.9 Å². The number of rotatable bonds is 6. The van der Waals surface area contributed by atoms with Crippen molar-refractivity contribution in [3.8, 4) is 11.3 Å². The maximum atomic E-state index is 12.8. The molecule has 0 aliphatic heterocycles. The highest BCUT2D eigenvalue weighted by atomic mass is 32.2. The molecule has 0 fully saturated rings. The standard InChI is InChI=1S/C22H23N7O3S/c1-22(2,3)28-33(31,32)18-6-4-5-14(10-18)19-8-7-17-13-25-21(27-29(17)19)26-16-9-15(20(23)30)11-24-12-16/h4-13,28H,1-3H3,(H2,23,30)(H,26,27). The zero-order valence-corrected chi connectivity index (χ0v) is 19.1. The molecule has 170 valence electrons. The third kappa shape index (κ3) is 4.99. The summed E-state index contributed by atoms with van der Waals surface area (Å²) >= 11 is 0. The fourth-order valence-corrected chi connectivity index (χ4v) is 4.70. The number of nitrogens with zero attached hydrogens (tertiary/aromatic N) is 4. The summed E-state index contributed by atoms with van der Waals surface area (Å²) in [6.45, 7) is 5.36. The smallest absolute Gasteiger partial charge is 0.250 e. The van der Waals surface area contributed by atoms with Crippen molar-refractivity contribution in [3.63, 3.8) is 0 Å². The average Bonchev–Trinajstić information content (AvgIpc) is 3.16. The third-order valence-corrected chi connectivity index (χ3v) is 6.31. The van der Waals surface area contributed by atoms with Gasteiger partial charge in [0, 0.05) is 17.3 Å². The van der Waals surface area contributed by atoms with E-state index in [0.717, 1.165) is 5.52 Å². The average molecular weight is 466 g/mol. The van der Waals surface area contributed by atoms with E-state index < -0.39 is 21.5 Å². The number of sulfonamides is 1. The molecule has 4 aromatic rings. The molecule has 3 heterocycles. The lowest BCUT2D eigenvalue weighted by molar-refractivity contribution is 0.1000. The number of hydrogen-bond donors (Lipinski definition) is 3. The number of nitrogens with two attached hydrogens (primary N) is 1. The van der Waals surface area contributed by atoms with Crippen molar-refractivity contribution < 1.29 is 13.2 Å². The minimum absolute atomic E-state index is 0.159. The van der Waals surface area contributed by atoms with Crippen LogP contribution in [0.25, 0.3) is 16.8 Å². The van der Waals surface area contributed by atoms with E-state index in [1.54, 1.807) is 55.7 Å². The van der Waals surface area contributed by atoms with Crippen LogP contribution < -0.4 is 15.8 Å². The second-order valence-corrected chi connectivity index (χ2v) is 10.2. The van der Waals surface area contributed by atoms with Gasteiger partial charge in [0.1, 0.15) is 0 Å². The molecule has 4 N–H and O–H groups in total. The Bertz CT molecular complexity index is 1460. The van der Waals surface area contributed by atoms with Crippen LogP contribution in [0.2, 0.25) is 0 Å². The van der Waals surface area contributed by atoms with Gasteiger partial charge in [-0.3, -0.25) is 9.78 Å². The fourth-order valence-electron chi connectivity index (χ4n) is 3.23. The van der Waals surface area contributed by atoms with Crippen molar-refractivity contribution in [1.82, 2.24) is 24.3 Å². The van der Waals surface area contributed by atoms with Crippen LogP contribution in [-0.4, -0.2) is 39.4 Å². The number of fused-ring (bicyclic) bond motifs is 1. The Hall–Kier alpha value is -3.83. The summed E-state index contributed by atoms with van der Waals surface area (Å²) in [6.07, 6.45) is 4.52. The van der Waals surface area contributed by atoms with Gasteiger partial charge in [-0.1, -0.05) is 12.1 Å². The van der Waals surface area contributed by atoms with Gasteiger partial charge in [0.05, 0.1) is 39.8 Å². The van der Waals surface area contributed by atoms with Crippen LogP contribution >= 0.6 is 0 Å². The molecule has 1 amide bonds. The van der Waals surface area contributed by atoms with Gasteiger partial charge >= 0.3 is 0 Å². The minimum Gasteiger partial charge on any atom is -0.366 e. The maximum Gasteiger partial charge on any atom is 0.250 e. The molecular weight excluding hydrogens is 442 g/mol. The van der Waals surface area contributed by atoms with Gasteiger partial charge in [-0.05, 0) is 51.1 Å². The molecule has 0 unspecified atom stereocenters. The lowest BCUT2D eigenvalue weighted by Gasteiger charge is -2.20. The van der Waals surface area contributed by atoms with E-state index in [2.05, 4.69) is 25.1 Å². The first-order valence-electron chi connectivity index (χ1n) is 10.0. The molecule has 0 bridgehead atoms. The first-order chi connectivity index (χ1) is 15.5. The summed E-state index contributed by atoms with van der Waals surface area (Å²) in [5.41, 5.74) is 7.54. The van der Waals surface area contributed by atoms with Crippen LogP contribution in [0, 0.1) is 0 Å². The third-order valence-electron chi connectivity index (χ3n) is 4.56. The molecule has 0 saturated heterocycles. The van der Waals surface area contributed by atoms with E-state index in [9.17, 15) is 13.2 Å². The fraction of sp³-hybridized carbons (Fsp3) is 0.182. The quantitative estimate of drug-likeness (QED) is 0.397. The Balaban J connectivity index is 1.70. The van der Waals surface area contributed by atoms with Crippen LogP contribution in [0.1, 0.15) is 31.1 Å². The van der Waals surface area contributed by atoms with Crippen LogP contribution in [0.15, 0.2) is 66.0 Å². The van der Waals surface area contributed by atoms with Crippen molar-refractivity contribution in [2.75, 3.05) is 5.32 Å². The van der Waals surface area contributed by atoms with Gasteiger partial charge < -0.3 is 11.1 Å². The van der Waals surface area contributed by atoms with E-state index in [1.165, 1.54) is 12.4 Å². The van der Waals surface area contributed by atoms with Gasteiger partial charge in [-0.25, -0.2) is 22.6 Å². The summed E-state index contributed by atoms with van der Waals surface area (Å²) in [7, 11) is -3.69. The number of carbonyl (C=O) groups excluding carboxylic acids is 1. The predicted octanol–water partition coefficient (Wildman–Crippen LogP) is 2.71. The van der Waals surface area contributed by atoms with Crippen molar-refractivity contribution in [3.05, 3.63) is 66.6 Å². The van der Waals surface area contributed by atoms with Crippen LogP contribution in [0.3, 0.4) is 0 Å². The largest absolute Gasteiger partial charge is 0.366 e. The highest BCUT2D eigenvalue weighted by Gasteiger charge is 2.22. The Morgan fingerprint density at radius 2 is 1.85 bits per heavy atom. The summed E-state index contributed by atoms with van der Waals surface area (Å²) < 4.78 is 29.9. The molecule has 4 rings (SSSR count). The number of benzene rings is 1. The highest BCUT2D eigenvalue weighted by Crippen LogP contribution is 2.25. The monoisotopic (exact) mass is 465 g/mol. The normalized spacial score (nSPS) is 12.1. The molecule has 0 aliphatic rings. The second-order valence-electron chi connectivity index (χ2n) is 8.47. The number of amides is 1. The second kappa shape index (κ2) is 8.26. The van der Waals surface area contributed by atoms with E-state index in [1.807, 2.05) is 18.2 Å². The van der Waals surface area contributed by atoms with Gasteiger partial charge in [0.25, 0.3) is 0 Å². The Morgan fingerprint density at radius 3 is 2.58 bits per heavy atom. The van der Waals surface area contributed by atoms with Crippen molar-refractivity contribution in [2.24, 2.45) is 5.73 Å². The molecule has 33 heavy (non-hydrogen) atoms. The Kier molecular flexibility index (Phi) is 5.60. The zero-order chi connectivity index (χ0) is 23.8. The number of carbonyl (C=O) groups is 1. The first-order valence-corrected chi connectivity index (χ1v) is 11.5. The van der Waals surface area contributed by atoms with E-state index in [0.29, 0.717) is 16.9 Å². The van der Waals surface area contributed by atoms with Gasteiger partial charge in [0.15, 0.2) is 0 Å². The minimum atomic E-state index is -3.69. The lowest BCUT2D eigenvalue weighted by Crippen LogP contribution is -2.40. The molecule has 0 aliphatic carbocycles. The summed E-state index contributed by atoms with van der Waals surface area (Å²) in [5.74, 6) is -0.326. The molecule has 0 spiro atoms. The first kappa shape index (κ1) is 22.4. The molecule has 3 aromatic heterocycles. The highest BCUT2D eigenvalue weighted by molar-refractivity contribution is 7.89. The molecule has 11 heteroatoms. The summed E-state index contributed by atoms with van der Waals surface area (Å²) in [5, 5.41) is 7.52. The maximum absolute atomic E-state index is 12.8. The van der Waals surface area contributed by atoms with Crippen LogP contribution in [-0.2, 0) is 10.0 Å². The van der Waals surface area contributed by atoms with Crippen molar-refractivity contribution in [1.29, 1.82) is 0 Å². The number of hydrogen-bond acceptors (Lipinski definition) is 7. The number of primary amides is 1. The number of aromatic nitrogens is 4. The zero-order valence-electron chi connectivity index (χ0n) is 18.3. The molecule has 0 radical (unpaired) electrons. The van der Waals surface area contributed by atoms with Gasteiger partial charge in [-0.2, -0.15) is 0 Å². The lowest BCUT2D eigenvalue weighted by atomic mass is 10.1. The van der Waals surface area contributed by atoms with Crippen LogP contribution in [0.4, 0.5) is 11.6 Å². The topological polar surface area (TPSA) is 144 Å². The van der Waals surface area contributed by atoms with E-state index >= 15 is 0 Å². The van der Waals surface area contributed by atoms with Gasteiger partial charge in [-0.15, -0.1) is 5.10 Å². The molecule has 0 saturated carbocycles. The molecular formula is C22H23N7O3S. The predicted molar refractivity (Wildman–Crippen MR) is 125 cm³/mol. The van der Waals surface area contributed by atoms with E-state index in [4.69, 9.17) is 5.73 Å². The Morgan fingerprint density at radius 1 is 1.06 bits per heavy atom.